The highest BCUT2D eigenvalue weighted by Gasteiger charge is 2.10. The molecule has 20 heavy (non-hydrogen) atoms. The average molecular weight is 306 g/mol. The Labute approximate surface area is 125 Å². The Bertz CT molecular complexity index is 755. The smallest absolute Gasteiger partial charge is 0.225 e. The first-order valence-electron chi connectivity index (χ1n) is 6.17. The van der Waals surface area contributed by atoms with E-state index in [2.05, 4.69) is 28.3 Å². The quantitative estimate of drug-likeness (QED) is 0.558. The van der Waals surface area contributed by atoms with Gasteiger partial charge in [-0.25, -0.2) is 4.98 Å². The zero-order valence-electron chi connectivity index (χ0n) is 10.7. The molecule has 1 aromatic carbocycles. The van der Waals surface area contributed by atoms with E-state index in [1.807, 2.05) is 0 Å². The summed E-state index contributed by atoms with van der Waals surface area (Å²) in [6.07, 6.45) is 0.956. The number of aryl methyl sites for hydroxylation is 1. The second-order valence-electron chi connectivity index (χ2n) is 4.30. The van der Waals surface area contributed by atoms with Gasteiger partial charge in [0.25, 0.3) is 0 Å². The van der Waals surface area contributed by atoms with Crippen molar-refractivity contribution in [3.63, 3.8) is 0 Å². The van der Waals surface area contributed by atoms with Crippen LogP contribution in [0, 0.1) is 0 Å². The van der Waals surface area contributed by atoms with E-state index in [1.165, 1.54) is 4.88 Å². The molecule has 0 unspecified atom stereocenters. The molecule has 6 heteroatoms. The van der Waals surface area contributed by atoms with Gasteiger partial charge in [0.05, 0.1) is 5.39 Å². The summed E-state index contributed by atoms with van der Waals surface area (Å²) in [6.45, 7) is 2.10. The van der Waals surface area contributed by atoms with E-state index in [-0.39, 0.29) is 11.0 Å². The van der Waals surface area contributed by atoms with E-state index in [0.29, 0.717) is 5.82 Å². The first-order valence-corrected chi connectivity index (χ1v) is 7.37. The van der Waals surface area contributed by atoms with Crippen LogP contribution in [0.15, 0.2) is 30.3 Å². The zero-order chi connectivity index (χ0) is 14.1. The molecule has 3 aromatic rings. The summed E-state index contributed by atoms with van der Waals surface area (Å²) in [4.78, 5) is 10.6. The maximum Gasteiger partial charge on any atom is 0.225 e. The van der Waals surface area contributed by atoms with Crippen LogP contribution in [-0.2, 0) is 6.42 Å². The van der Waals surface area contributed by atoms with Gasteiger partial charge in [0.15, 0.2) is 0 Å². The third-order valence-corrected chi connectivity index (χ3v) is 4.24. The van der Waals surface area contributed by atoms with Crippen LogP contribution in [0.1, 0.15) is 11.8 Å². The normalized spacial score (nSPS) is 10.9. The highest BCUT2D eigenvalue weighted by atomic mass is 35.5. The minimum atomic E-state index is 0.225. The number of aromatic hydroxyl groups is 1. The van der Waals surface area contributed by atoms with Crippen LogP contribution >= 0.6 is 22.9 Å². The molecule has 0 amide bonds. The summed E-state index contributed by atoms with van der Waals surface area (Å²) in [7, 11) is 0. The van der Waals surface area contributed by atoms with E-state index in [4.69, 9.17) is 11.6 Å². The fourth-order valence-corrected chi connectivity index (χ4v) is 3.08. The van der Waals surface area contributed by atoms with Crippen molar-refractivity contribution < 1.29 is 5.11 Å². The van der Waals surface area contributed by atoms with E-state index < -0.39 is 0 Å². The molecule has 2 N–H and O–H groups in total. The maximum atomic E-state index is 9.30. The number of hydrogen-bond donors (Lipinski definition) is 2. The van der Waals surface area contributed by atoms with Crippen molar-refractivity contribution in [2.75, 3.05) is 5.32 Å². The summed E-state index contributed by atoms with van der Waals surface area (Å²) in [5.41, 5.74) is 0.836. The van der Waals surface area contributed by atoms with Crippen LogP contribution in [0.4, 0.5) is 11.5 Å². The lowest BCUT2D eigenvalue weighted by molar-refractivity contribution is 0.475. The van der Waals surface area contributed by atoms with Gasteiger partial charge in [-0.15, -0.1) is 11.3 Å². The minimum absolute atomic E-state index is 0.225. The lowest BCUT2D eigenvalue weighted by atomic mass is 10.2. The number of aromatic nitrogens is 2. The van der Waals surface area contributed by atoms with Gasteiger partial charge in [-0.3, -0.25) is 0 Å². The minimum Gasteiger partial charge on any atom is -0.508 e. The lowest BCUT2D eigenvalue weighted by Crippen LogP contribution is -1.95. The number of benzene rings is 1. The number of rotatable bonds is 3. The van der Waals surface area contributed by atoms with Crippen LogP contribution in [0.3, 0.4) is 0 Å². The summed E-state index contributed by atoms with van der Waals surface area (Å²) >= 11 is 7.60. The van der Waals surface area contributed by atoms with Crippen molar-refractivity contribution in [3.05, 3.63) is 40.5 Å². The largest absolute Gasteiger partial charge is 0.508 e. The SMILES string of the molecule is CCc1cc2c(Nc3ccc(O)cc3)nc(Cl)nc2s1. The summed E-state index contributed by atoms with van der Waals surface area (Å²) in [5.74, 6) is 0.909. The molecule has 0 aliphatic heterocycles. The van der Waals surface area contributed by atoms with Gasteiger partial charge in [0, 0.05) is 10.6 Å². The summed E-state index contributed by atoms with van der Waals surface area (Å²) in [5, 5.41) is 13.7. The molecule has 0 saturated carbocycles. The Hall–Kier alpha value is -1.85. The van der Waals surface area contributed by atoms with E-state index in [0.717, 1.165) is 22.3 Å². The van der Waals surface area contributed by atoms with Gasteiger partial charge in [-0.2, -0.15) is 4.98 Å². The Balaban J connectivity index is 2.05. The third kappa shape index (κ3) is 2.55. The Morgan fingerprint density at radius 3 is 2.70 bits per heavy atom. The monoisotopic (exact) mass is 305 g/mol. The number of phenolic OH excluding ortho intramolecular Hbond substituents is 1. The number of nitrogens with zero attached hydrogens (tertiary/aromatic N) is 2. The number of thiophene rings is 1. The van der Waals surface area contributed by atoms with Gasteiger partial charge in [-0.05, 0) is 48.4 Å². The van der Waals surface area contributed by atoms with Crippen molar-refractivity contribution >= 4 is 44.7 Å². The second-order valence-corrected chi connectivity index (χ2v) is 5.75. The van der Waals surface area contributed by atoms with E-state index in [1.54, 1.807) is 35.6 Å². The number of fused-ring (bicyclic) bond motifs is 1. The molecule has 0 bridgehead atoms. The molecular weight excluding hydrogens is 294 g/mol. The van der Waals surface area contributed by atoms with Gasteiger partial charge in [0.2, 0.25) is 5.28 Å². The van der Waals surface area contributed by atoms with E-state index in [9.17, 15) is 5.11 Å². The van der Waals surface area contributed by atoms with Gasteiger partial charge in [0.1, 0.15) is 16.4 Å². The topological polar surface area (TPSA) is 58.0 Å². The predicted molar refractivity (Wildman–Crippen MR) is 83.2 cm³/mol. The summed E-state index contributed by atoms with van der Waals surface area (Å²) in [6, 6.07) is 8.88. The van der Waals surface area contributed by atoms with Crippen molar-refractivity contribution in [2.24, 2.45) is 0 Å². The standard InChI is InChI=1S/C14H12ClN3OS/c1-2-10-7-11-12(17-14(15)18-13(11)20-10)16-8-3-5-9(19)6-4-8/h3-7,19H,2H2,1H3,(H,16,17,18). The van der Waals surface area contributed by atoms with Gasteiger partial charge in [-0.1, -0.05) is 6.92 Å². The third-order valence-electron chi connectivity index (χ3n) is 2.89. The molecule has 0 aliphatic rings. The Morgan fingerprint density at radius 1 is 1.25 bits per heavy atom. The molecule has 0 atom stereocenters. The number of anilines is 2. The molecule has 102 valence electrons. The predicted octanol–water partition coefficient (Wildman–Crippen LogP) is 4.36. The molecule has 2 heterocycles. The number of phenols is 1. The van der Waals surface area contributed by atoms with Crippen molar-refractivity contribution in [2.45, 2.75) is 13.3 Å². The Kier molecular flexibility index (Phi) is 3.46. The molecule has 0 radical (unpaired) electrons. The highest BCUT2D eigenvalue weighted by Crippen LogP contribution is 2.32. The van der Waals surface area contributed by atoms with Crippen molar-refractivity contribution in [1.29, 1.82) is 0 Å². The molecule has 0 fully saturated rings. The first-order chi connectivity index (χ1) is 9.65. The fraction of sp³-hybridized carbons (Fsp3) is 0.143. The number of halogens is 1. The van der Waals surface area contributed by atoms with Crippen LogP contribution in [0.5, 0.6) is 5.75 Å². The molecule has 0 aliphatic carbocycles. The van der Waals surface area contributed by atoms with Crippen LogP contribution < -0.4 is 5.32 Å². The molecule has 0 saturated heterocycles. The maximum absolute atomic E-state index is 9.30. The second kappa shape index (κ2) is 5.26. The fourth-order valence-electron chi connectivity index (χ4n) is 1.90. The average Bonchev–Trinajstić information content (AvgIpc) is 2.84. The number of hydrogen-bond acceptors (Lipinski definition) is 5. The van der Waals surface area contributed by atoms with Crippen molar-refractivity contribution in [3.8, 4) is 5.75 Å². The van der Waals surface area contributed by atoms with Crippen LogP contribution in [0.25, 0.3) is 10.2 Å². The lowest BCUT2D eigenvalue weighted by Gasteiger charge is -2.07. The van der Waals surface area contributed by atoms with Crippen LogP contribution in [0.2, 0.25) is 5.28 Å². The molecule has 0 spiro atoms. The molecular formula is C14H12ClN3OS. The van der Waals surface area contributed by atoms with Gasteiger partial charge < -0.3 is 10.4 Å². The van der Waals surface area contributed by atoms with Crippen LogP contribution in [-0.4, -0.2) is 15.1 Å². The highest BCUT2D eigenvalue weighted by molar-refractivity contribution is 7.18. The zero-order valence-corrected chi connectivity index (χ0v) is 12.3. The van der Waals surface area contributed by atoms with Crippen molar-refractivity contribution in [1.82, 2.24) is 9.97 Å². The summed E-state index contributed by atoms with van der Waals surface area (Å²) < 4.78 is 0. The number of nitrogens with one attached hydrogen (secondary N) is 1. The molecule has 2 aromatic heterocycles. The molecule has 4 nitrogen and oxygen atoms in total. The van der Waals surface area contributed by atoms with Gasteiger partial charge >= 0.3 is 0 Å². The first kappa shape index (κ1) is 13.1. The van der Waals surface area contributed by atoms with E-state index >= 15 is 0 Å². The Morgan fingerprint density at radius 2 is 2.00 bits per heavy atom. The molecule has 3 rings (SSSR count).